The first kappa shape index (κ1) is 14.0. The Kier molecular flexibility index (Phi) is 5.41. The van der Waals surface area contributed by atoms with Crippen molar-refractivity contribution in [3.63, 3.8) is 0 Å². The minimum absolute atomic E-state index is 0.00961. The van der Waals surface area contributed by atoms with Crippen molar-refractivity contribution in [2.24, 2.45) is 23.3 Å². The number of carbonyl (C=O) groups is 2. The zero-order valence-electron chi connectivity index (χ0n) is 10.4. The molecule has 0 heterocycles. The minimum Gasteiger partial charge on any atom is -0.369 e. The van der Waals surface area contributed by atoms with Gasteiger partial charge in [0.2, 0.25) is 11.8 Å². The Morgan fingerprint density at radius 2 is 1.88 bits per heavy atom. The molecule has 0 radical (unpaired) electrons. The summed E-state index contributed by atoms with van der Waals surface area (Å²) in [4.78, 5) is 22.8. The molecule has 0 aromatic heterocycles. The monoisotopic (exact) mass is 241 g/mol. The van der Waals surface area contributed by atoms with Crippen molar-refractivity contribution in [2.45, 2.75) is 45.1 Å². The van der Waals surface area contributed by atoms with Gasteiger partial charge in [-0.2, -0.15) is 0 Å². The molecule has 0 bridgehead atoms. The third-order valence-corrected chi connectivity index (χ3v) is 3.52. The Bertz CT molecular complexity index is 273. The lowest BCUT2D eigenvalue weighted by atomic mass is 9.85. The zero-order valence-corrected chi connectivity index (χ0v) is 10.4. The second kappa shape index (κ2) is 6.59. The molecule has 1 saturated carbocycles. The van der Waals surface area contributed by atoms with Crippen LogP contribution in [0.5, 0.6) is 0 Å². The lowest BCUT2D eigenvalue weighted by Gasteiger charge is -2.28. The van der Waals surface area contributed by atoms with Crippen molar-refractivity contribution >= 4 is 11.8 Å². The van der Waals surface area contributed by atoms with Crippen LogP contribution in [-0.2, 0) is 9.59 Å². The van der Waals surface area contributed by atoms with Crippen LogP contribution in [0.4, 0.5) is 0 Å². The van der Waals surface area contributed by atoms with Crippen molar-refractivity contribution < 1.29 is 9.59 Å². The van der Waals surface area contributed by atoms with Crippen LogP contribution in [0.2, 0.25) is 0 Å². The average Bonchev–Trinajstić information content (AvgIpc) is 2.30. The smallest absolute Gasteiger partial charge is 0.223 e. The quantitative estimate of drug-likeness (QED) is 0.638. The molecule has 1 aliphatic carbocycles. The van der Waals surface area contributed by atoms with Gasteiger partial charge in [0.05, 0.1) is 0 Å². The van der Waals surface area contributed by atoms with Gasteiger partial charge >= 0.3 is 0 Å². The Balaban J connectivity index is 2.30. The highest BCUT2D eigenvalue weighted by Crippen LogP contribution is 2.24. The van der Waals surface area contributed by atoms with E-state index in [0.717, 1.165) is 25.7 Å². The van der Waals surface area contributed by atoms with E-state index in [2.05, 4.69) is 5.32 Å². The predicted molar refractivity (Wildman–Crippen MR) is 65.9 cm³/mol. The Morgan fingerprint density at radius 1 is 1.29 bits per heavy atom. The molecule has 2 amide bonds. The summed E-state index contributed by atoms with van der Waals surface area (Å²) >= 11 is 0. The minimum atomic E-state index is -0.216. The number of primary amides is 1. The van der Waals surface area contributed by atoms with E-state index in [1.165, 1.54) is 0 Å². The first-order chi connectivity index (χ1) is 8.04. The van der Waals surface area contributed by atoms with E-state index in [9.17, 15) is 9.59 Å². The Morgan fingerprint density at radius 3 is 2.35 bits per heavy atom. The Labute approximate surface area is 102 Å². The van der Waals surface area contributed by atoms with Crippen LogP contribution in [0.1, 0.15) is 39.0 Å². The summed E-state index contributed by atoms with van der Waals surface area (Å²) in [6, 6.07) is 0.193. The molecule has 0 aromatic carbocycles. The van der Waals surface area contributed by atoms with E-state index in [1.807, 2.05) is 6.92 Å². The SMILES string of the molecule is CC(CCN)C(=O)NC1CCC(C(N)=O)CC1. The Hall–Kier alpha value is -1.10. The lowest BCUT2D eigenvalue weighted by Crippen LogP contribution is -2.42. The van der Waals surface area contributed by atoms with Crippen molar-refractivity contribution in [1.82, 2.24) is 5.32 Å². The first-order valence-corrected chi connectivity index (χ1v) is 6.34. The summed E-state index contributed by atoms with van der Waals surface area (Å²) < 4.78 is 0. The van der Waals surface area contributed by atoms with Crippen LogP contribution in [0, 0.1) is 11.8 Å². The summed E-state index contributed by atoms with van der Waals surface area (Å²) in [7, 11) is 0. The molecule has 1 fully saturated rings. The van der Waals surface area contributed by atoms with E-state index < -0.39 is 0 Å². The maximum absolute atomic E-state index is 11.8. The van der Waals surface area contributed by atoms with E-state index in [-0.39, 0.29) is 29.7 Å². The second-order valence-electron chi connectivity index (χ2n) is 4.94. The van der Waals surface area contributed by atoms with Crippen LogP contribution in [0.15, 0.2) is 0 Å². The molecule has 1 atom stereocenters. The standard InChI is InChI=1S/C12H23N3O2/c1-8(6-7-13)12(17)15-10-4-2-9(3-5-10)11(14)16/h8-10H,2-7,13H2,1H3,(H2,14,16)(H,15,17). The molecule has 5 nitrogen and oxygen atoms in total. The number of rotatable bonds is 5. The zero-order chi connectivity index (χ0) is 12.8. The van der Waals surface area contributed by atoms with Gasteiger partial charge in [0.15, 0.2) is 0 Å². The third-order valence-electron chi connectivity index (χ3n) is 3.52. The van der Waals surface area contributed by atoms with Gasteiger partial charge in [-0.1, -0.05) is 6.92 Å². The van der Waals surface area contributed by atoms with Gasteiger partial charge in [-0.15, -0.1) is 0 Å². The van der Waals surface area contributed by atoms with Crippen molar-refractivity contribution in [1.29, 1.82) is 0 Å². The second-order valence-corrected chi connectivity index (χ2v) is 4.94. The van der Waals surface area contributed by atoms with Gasteiger partial charge in [-0.25, -0.2) is 0 Å². The summed E-state index contributed by atoms with van der Waals surface area (Å²) in [6.07, 6.45) is 3.96. The lowest BCUT2D eigenvalue weighted by molar-refractivity contribution is -0.125. The van der Waals surface area contributed by atoms with Gasteiger partial charge in [-0.3, -0.25) is 9.59 Å². The number of nitrogens with two attached hydrogens (primary N) is 2. The highest BCUT2D eigenvalue weighted by molar-refractivity contribution is 5.79. The normalized spacial score (nSPS) is 26.2. The van der Waals surface area contributed by atoms with Gasteiger partial charge in [0.1, 0.15) is 0 Å². The molecular weight excluding hydrogens is 218 g/mol. The molecule has 1 unspecified atom stereocenters. The molecule has 1 aliphatic rings. The summed E-state index contributed by atoms with van der Waals surface area (Å²) in [5, 5.41) is 3.02. The first-order valence-electron chi connectivity index (χ1n) is 6.34. The number of hydrogen-bond acceptors (Lipinski definition) is 3. The molecule has 17 heavy (non-hydrogen) atoms. The molecular formula is C12H23N3O2. The maximum Gasteiger partial charge on any atom is 0.223 e. The van der Waals surface area contributed by atoms with E-state index in [0.29, 0.717) is 13.0 Å². The van der Waals surface area contributed by atoms with Crippen LogP contribution in [0.25, 0.3) is 0 Å². The molecule has 5 N–H and O–H groups in total. The molecule has 0 aromatic rings. The summed E-state index contributed by atoms with van der Waals surface area (Å²) in [5.41, 5.74) is 10.7. The summed E-state index contributed by atoms with van der Waals surface area (Å²) in [5.74, 6) is -0.192. The third kappa shape index (κ3) is 4.34. The van der Waals surface area contributed by atoms with E-state index >= 15 is 0 Å². The van der Waals surface area contributed by atoms with Gasteiger partial charge in [0, 0.05) is 17.9 Å². The topological polar surface area (TPSA) is 98.2 Å². The fraction of sp³-hybridized carbons (Fsp3) is 0.833. The van der Waals surface area contributed by atoms with Gasteiger partial charge in [-0.05, 0) is 38.6 Å². The average molecular weight is 241 g/mol. The van der Waals surface area contributed by atoms with Gasteiger partial charge in [0.25, 0.3) is 0 Å². The number of hydrogen-bond donors (Lipinski definition) is 3. The highest BCUT2D eigenvalue weighted by Gasteiger charge is 2.26. The molecule has 98 valence electrons. The fourth-order valence-corrected chi connectivity index (χ4v) is 2.25. The summed E-state index contributed by atoms with van der Waals surface area (Å²) in [6.45, 7) is 2.42. The molecule has 0 saturated heterocycles. The maximum atomic E-state index is 11.8. The van der Waals surface area contributed by atoms with Crippen LogP contribution >= 0.6 is 0 Å². The number of amides is 2. The number of nitrogens with one attached hydrogen (secondary N) is 1. The predicted octanol–water partition coefficient (Wildman–Crippen LogP) is 0.132. The molecule has 5 heteroatoms. The van der Waals surface area contributed by atoms with Crippen LogP contribution < -0.4 is 16.8 Å². The largest absolute Gasteiger partial charge is 0.369 e. The van der Waals surface area contributed by atoms with E-state index in [4.69, 9.17) is 11.5 Å². The number of carbonyl (C=O) groups excluding carboxylic acids is 2. The van der Waals surface area contributed by atoms with Crippen molar-refractivity contribution in [2.75, 3.05) is 6.54 Å². The van der Waals surface area contributed by atoms with Crippen molar-refractivity contribution in [3.05, 3.63) is 0 Å². The highest BCUT2D eigenvalue weighted by atomic mass is 16.2. The van der Waals surface area contributed by atoms with E-state index in [1.54, 1.807) is 0 Å². The van der Waals surface area contributed by atoms with Gasteiger partial charge < -0.3 is 16.8 Å². The van der Waals surface area contributed by atoms with Crippen LogP contribution in [-0.4, -0.2) is 24.4 Å². The molecule has 1 rings (SSSR count). The molecule has 0 aliphatic heterocycles. The van der Waals surface area contributed by atoms with Crippen molar-refractivity contribution in [3.8, 4) is 0 Å². The van der Waals surface area contributed by atoms with Crippen LogP contribution in [0.3, 0.4) is 0 Å². The molecule has 0 spiro atoms. The fourth-order valence-electron chi connectivity index (χ4n) is 2.25.